The molecule has 0 fully saturated rings. The number of fused-ring (bicyclic) bond motifs is 3. The van der Waals surface area contributed by atoms with Gasteiger partial charge in [-0.25, -0.2) is 0 Å². The van der Waals surface area contributed by atoms with Crippen LogP contribution in [-0.2, 0) is 6.54 Å². The van der Waals surface area contributed by atoms with E-state index in [0.29, 0.717) is 0 Å². The number of hydrogen-bond donors (Lipinski definition) is 0. The Balaban J connectivity index is 2.05. The summed E-state index contributed by atoms with van der Waals surface area (Å²) in [6.45, 7) is 3.11. The molecule has 3 aromatic carbocycles. The molecule has 0 amide bonds. The van der Waals surface area contributed by atoms with Crippen molar-refractivity contribution in [1.29, 1.82) is 0 Å². The van der Waals surface area contributed by atoms with Gasteiger partial charge in [-0.1, -0.05) is 66.7 Å². The third-order valence-corrected chi connectivity index (χ3v) is 4.18. The molecule has 0 saturated heterocycles. The molecule has 1 nitrogen and oxygen atoms in total. The Bertz CT molecular complexity index is 917. The SMILES string of the molecule is Cc1cccc2c3ccccc3n(Cc3ccccc3)c12. The van der Waals surface area contributed by atoms with Crippen molar-refractivity contribution in [3.05, 3.63) is 83.9 Å². The Morgan fingerprint density at radius 3 is 2.29 bits per heavy atom. The van der Waals surface area contributed by atoms with Gasteiger partial charge in [0.05, 0.1) is 5.52 Å². The zero-order valence-corrected chi connectivity index (χ0v) is 12.1. The first-order valence-corrected chi connectivity index (χ1v) is 7.35. The molecule has 0 unspecified atom stereocenters. The molecule has 1 aromatic heterocycles. The van der Waals surface area contributed by atoms with Gasteiger partial charge in [-0.15, -0.1) is 0 Å². The molecule has 0 aliphatic rings. The second kappa shape index (κ2) is 4.78. The highest BCUT2D eigenvalue weighted by Crippen LogP contribution is 2.31. The summed E-state index contributed by atoms with van der Waals surface area (Å²) in [7, 11) is 0. The van der Waals surface area contributed by atoms with E-state index in [9.17, 15) is 0 Å². The van der Waals surface area contributed by atoms with Gasteiger partial charge in [-0.2, -0.15) is 0 Å². The quantitative estimate of drug-likeness (QED) is 0.475. The number of para-hydroxylation sites is 2. The minimum absolute atomic E-state index is 0.912. The number of aryl methyl sites for hydroxylation is 1. The molecule has 0 spiro atoms. The average molecular weight is 271 g/mol. The van der Waals surface area contributed by atoms with Crippen molar-refractivity contribution in [3.63, 3.8) is 0 Å². The van der Waals surface area contributed by atoms with Gasteiger partial charge < -0.3 is 4.57 Å². The van der Waals surface area contributed by atoms with E-state index in [-0.39, 0.29) is 0 Å². The molecule has 4 rings (SSSR count). The van der Waals surface area contributed by atoms with E-state index in [2.05, 4.69) is 84.3 Å². The number of nitrogens with zero attached hydrogens (tertiary/aromatic N) is 1. The Kier molecular flexibility index (Phi) is 2.78. The van der Waals surface area contributed by atoms with Crippen LogP contribution in [-0.4, -0.2) is 4.57 Å². The fourth-order valence-electron chi connectivity index (χ4n) is 3.22. The van der Waals surface area contributed by atoms with Crippen LogP contribution in [0.15, 0.2) is 72.8 Å². The van der Waals surface area contributed by atoms with Crippen molar-refractivity contribution in [2.75, 3.05) is 0 Å². The second-order valence-corrected chi connectivity index (χ2v) is 5.56. The highest BCUT2D eigenvalue weighted by Gasteiger charge is 2.11. The van der Waals surface area contributed by atoms with E-state index in [4.69, 9.17) is 0 Å². The second-order valence-electron chi connectivity index (χ2n) is 5.56. The van der Waals surface area contributed by atoms with Crippen LogP contribution in [0, 0.1) is 6.92 Å². The maximum absolute atomic E-state index is 2.44. The Labute approximate surface area is 124 Å². The Hall–Kier alpha value is -2.54. The van der Waals surface area contributed by atoms with Crippen LogP contribution in [0.25, 0.3) is 21.8 Å². The van der Waals surface area contributed by atoms with E-state index < -0.39 is 0 Å². The molecule has 0 aliphatic carbocycles. The number of aromatic nitrogens is 1. The highest BCUT2D eigenvalue weighted by molar-refractivity contribution is 6.09. The minimum Gasteiger partial charge on any atom is -0.336 e. The van der Waals surface area contributed by atoms with Gasteiger partial charge in [0.15, 0.2) is 0 Å². The summed E-state index contributed by atoms with van der Waals surface area (Å²) in [4.78, 5) is 0. The van der Waals surface area contributed by atoms with Crippen molar-refractivity contribution >= 4 is 21.8 Å². The van der Waals surface area contributed by atoms with Crippen LogP contribution in [0.5, 0.6) is 0 Å². The maximum Gasteiger partial charge on any atom is 0.0524 e. The molecule has 0 N–H and O–H groups in total. The van der Waals surface area contributed by atoms with E-state index in [1.54, 1.807) is 0 Å². The minimum atomic E-state index is 0.912. The van der Waals surface area contributed by atoms with Crippen molar-refractivity contribution in [2.45, 2.75) is 13.5 Å². The monoisotopic (exact) mass is 271 g/mol. The van der Waals surface area contributed by atoms with E-state index in [1.165, 1.54) is 32.9 Å². The van der Waals surface area contributed by atoms with Crippen LogP contribution in [0.3, 0.4) is 0 Å². The average Bonchev–Trinajstić information content (AvgIpc) is 2.84. The van der Waals surface area contributed by atoms with Crippen molar-refractivity contribution < 1.29 is 0 Å². The molecule has 0 aliphatic heterocycles. The predicted molar refractivity (Wildman–Crippen MR) is 89.7 cm³/mol. The van der Waals surface area contributed by atoms with Crippen LogP contribution in [0.4, 0.5) is 0 Å². The third kappa shape index (κ3) is 1.93. The van der Waals surface area contributed by atoms with Crippen molar-refractivity contribution in [3.8, 4) is 0 Å². The van der Waals surface area contributed by atoms with Crippen LogP contribution >= 0.6 is 0 Å². The number of hydrogen-bond acceptors (Lipinski definition) is 0. The molecule has 21 heavy (non-hydrogen) atoms. The van der Waals surface area contributed by atoms with Gasteiger partial charge in [0.25, 0.3) is 0 Å². The van der Waals surface area contributed by atoms with Gasteiger partial charge >= 0.3 is 0 Å². The van der Waals surface area contributed by atoms with E-state index >= 15 is 0 Å². The first-order valence-electron chi connectivity index (χ1n) is 7.35. The third-order valence-electron chi connectivity index (χ3n) is 4.18. The predicted octanol–water partition coefficient (Wildman–Crippen LogP) is 5.15. The molecular formula is C20H17N. The fourth-order valence-corrected chi connectivity index (χ4v) is 3.22. The largest absolute Gasteiger partial charge is 0.336 e. The lowest BCUT2D eigenvalue weighted by atomic mass is 10.1. The summed E-state index contributed by atoms with van der Waals surface area (Å²) < 4.78 is 2.44. The molecule has 0 atom stereocenters. The summed E-state index contributed by atoms with van der Waals surface area (Å²) >= 11 is 0. The number of benzene rings is 3. The summed E-state index contributed by atoms with van der Waals surface area (Å²) in [6, 6.07) is 25.9. The summed E-state index contributed by atoms with van der Waals surface area (Å²) in [5.41, 5.74) is 5.33. The van der Waals surface area contributed by atoms with Crippen molar-refractivity contribution in [2.24, 2.45) is 0 Å². The topological polar surface area (TPSA) is 4.93 Å². The van der Waals surface area contributed by atoms with Gasteiger partial charge in [0, 0.05) is 22.8 Å². The van der Waals surface area contributed by atoms with Gasteiger partial charge in [-0.3, -0.25) is 0 Å². The molecular weight excluding hydrogens is 254 g/mol. The zero-order chi connectivity index (χ0) is 14.2. The molecule has 0 saturated carbocycles. The fraction of sp³-hybridized carbons (Fsp3) is 0.100. The summed E-state index contributed by atoms with van der Waals surface area (Å²) in [5, 5.41) is 2.69. The lowest BCUT2D eigenvalue weighted by molar-refractivity contribution is 0.866. The van der Waals surface area contributed by atoms with Gasteiger partial charge in [0.1, 0.15) is 0 Å². The van der Waals surface area contributed by atoms with E-state index in [0.717, 1.165) is 6.54 Å². The van der Waals surface area contributed by atoms with Crippen LogP contribution in [0.1, 0.15) is 11.1 Å². The van der Waals surface area contributed by atoms with Crippen LogP contribution in [0.2, 0.25) is 0 Å². The lowest BCUT2D eigenvalue weighted by Crippen LogP contribution is -2.00. The molecule has 0 bridgehead atoms. The molecule has 102 valence electrons. The summed E-state index contributed by atoms with van der Waals surface area (Å²) in [5.74, 6) is 0. The smallest absolute Gasteiger partial charge is 0.0524 e. The van der Waals surface area contributed by atoms with Crippen LogP contribution < -0.4 is 0 Å². The maximum atomic E-state index is 2.44. The molecule has 0 radical (unpaired) electrons. The molecule has 4 aromatic rings. The normalized spacial score (nSPS) is 11.3. The number of rotatable bonds is 2. The van der Waals surface area contributed by atoms with Gasteiger partial charge in [-0.05, 0) is 24.1 Å². The first-order chi connectivity index (χ1) is 10.3. The Morgan fingerprint density at radius 2 is 1.43 bits per heavy atom. The highest BCUT2D eigenvalue weighted by atomic mass is 15.0. The molecule has 1 heteroatoms. The van der Waals surface area contributed by atoms with Crippen molar-refractivity contribution in [1.82, 2.24) is 4.57 Å². The van der Waals surface area contributed by atoms with Gasteiger partial charge in [0.2, 0.25) is 0 Å². The molecule has 1 heterocycles. The first kappa shape index (κ1) is 12.2. The lowest BCUT2D eigenvalue weighted by Gasteiger charge is -2.09. The summed E-state index contributed by atoms with van der Waals surface area (Å²) in [6.07, 6.45) is 0. The standard InChI is InChI=1S/C20H17N/c1-15-8-7-12-18-17-11-5-6-13-19(17)21(20(15)18)14-16-9-3-2-4-10-16/h2-13H,14H2,1H3. The Morgan fingerprint density at radius 1 is 0.714 bits per heavy atom. The zero-order valence-electron chi connectivity index (χ0n) is 12.1. The van der Waals surface area contributed by atoms with E-state index in [1.807, 2.05) is 0 Å².